The summed E-state index contributed by atoms with van der Waals surface area (Å²) in [7, 11) is 1.96. The average molecular weight is 465 g/mol. The molecule has 1 saturated heterocycles. The Morgan fingerprint density at radius 3 is 2.69 bits per heavy atom. The van der Waals surface area contributed by atoms with E-state index >= 15 is 0 Å². The molecule has 1 fully saturated rings. The highest BCUT2D eigenvalue weighted by Crippen LogP contribution is 2.42. The van der Waals surface area contributed by atoms with Crippen molar-refractivity contribution in [3.63, 3.8) is 0 Å². The summed E-state index contributed by atoms with van der Waals surface area (Å²) in [4.78, 5) is 28.4. The van der Waals surface area contributed by atoms with Crippen molar-refractivity contribution in [1.82, 2.24) is 24.4 Å². The minimum Gasteiger partial charge on any atom is -0.383 e. The van der Waals surface area contributed by atoms with E-state index < -0.39 is 0 Å². The maximum atomic E-state index is 13.2. The second kappa shape index (κ2) is 8.88. The van der Waals surface area contributed by atoms with Crippen LogP contribution in [0, 0.1) is 19.3 Å². The first kappa shape index (κ1) is 22.6. The van der Waals surface area contributed by atoms with Gasteiger partial charge in [-0.05, 0) is 55.5 Å². The van der Waals surface area contributed by atoms with Crippen LogP contribution in [0.5, 0.6) is 0 Å². The van der Waals surface area contributed by atoms with Crippen LogP contribution in [0.1, 0.15) is 47.8 Å². The molecule has 7 heteroatoms. The molecule has 5 rings (SSSR count). The zero-order valence-electron chi connectivity index (χ0n) is 20.2. The van der Waals surface area contributed by atoms with Crippen LogP contribution in [0.25, 0.3) is 33.4 Å². The second-order valence-electron chi connectivity index (χ2n) is 9.05. The molecule has 0 aliphatic carbocycles. The molecule has 2 N–H and O–H groups in total. The van der Waals surface area contributed by atoms with Gasteiger partial charge in [-0.3, -0.25) is 4.79 Å². The smallest absolute Gasteiger partial charge is 0.254 e. The topological polar surface area (TPSA) is 89.9 Å². The van der Waals surface area contributed by atoms with Crippen LogP contribution in [-0.4, -0.2) is 42.9 Å². The SMILES string of the molecule is C#Cc1cc(C)c(-c2c(-c3ccc(C(=O)N4CCC[C@@H]4CC)cc3)c3c(N)ncnc3n2C)cn1. The van der Waals surface area contributed by atoms with Gasteiger partial charge in [-0.15, -0.1) is 6.42 Å². The zero-order chi connectivity index (χ0) is 24.7. The van der Waals surface area contributed by atoms with Crippen LogP contribution in [0.3, 0.4) is 0 Å². The number of carbonyl (C=O) groups is 1. The number of fused-ring (bicyclic) bond motifs is 1. The van der Waals surface area contributed by atoms with Gasteiger partial charge >= 0.3 is 0 Å². The Bertz CT molecular complexity index is 1480. The van der Waals surface area contributed by atoms with Crippen molar-refractivity contribution < 1.29 is 4.79 Å². The molecule has 0 saturated carbocycles. The van der Waals surface area contributed by atoms with Crippen molar-refractivity contribution in [2.75, 3.05) is 12.3 Å². The summed E-state index contributed by atoms with van der Waals surface area (Å²) in [5, 5.41) is 0.773. The molecule has 4 aromatic rings. The molecule has 1 amide bonds. The lowest BCUT2D eigenvalue weighted by Gasteiger charge is -2.23. The fraction of sp³-hybridized carbons (Fsp3) is 0.286. The standard InChI is InChI=1S/C28H28N6O/c1-5-20-14-17(3)22(15-30-20)25-23(24-26(29)31-16-32-27(24)33(25)4)18-9-11-19(12-10-18)28(35)34-13-7-8-21(34)6-2/h1,9-12,14-16,21H,6-8,13H2,2-4H3,(H2,29,31,32)/t21-/m0/s1. The first-order valence-electron chi connectivity index (χ1n) is 11.9. The number of nitrogens with two attached hydrogens (primary N) is 1. The lowest BCUT2D eigenvalue weighted by Crippen LogP contribution is -2.35. The van der Waals surface area contributed by atoms with E-state index in [2.05, 4.69) is 27.8 Å². The quantitative estimate of drug-likeness (QED) is 0.447. The number of benzene rings is 1. The van der Waals surface area contributed by atoms with E-state index in [0.717, 1.165) is 64.8 Å². The Hall–Kier alpha value is -4.18. The first-order valence-corrected chi connectivity index (χ1v) is 11.9. The van der Waals surface area contributed by atoms with Crippen molar-refractivity contribution in [3.05, 3.63) is 59.7 Å². The lowest BCUT2D eigenvalue weighted by atomic mass is 9.96. The van der Waals surface area contributed by atoms with Crippen molar-refractivity contribution in [3.8, 4) is 34.7 Å². The number of terminal acetylenes is 1. The number of hydrogen-bond acceptors (Lipinski definition) is 5. The number of nitrogen functional groups attached to an aromatic ring is 1. The van der Waals surface area contributed by atoms with Gasteiger partial charge in [-0.25, -0.2) is 15.0 Å². The van der Waals surface area contributed by atoms with Gasteiger partial charge in [0.25, 0.3) is 5.91 Å². The molecule has 0 unspecified atom stereocenters. The molecule has 176 valence electrons. The lowest BCUT2D eigenvalue weighted by molar-refractivity contribution is 0.0733. The van der Waals surface area contributed by atoms with Crippen LogP contribution >= 0.6 is 0 Å². The molecule has 1 aromatic carbocycles. The van der Waals surface area contributed by atoms with Gasteiger partial charge in [-0.1, -0.05) is 25.0 Å². The molecule has 1 aliphatic rings. The number of hydrogen-bond donors (Lipinski definition) is 1. The largest absolute Gasteiger partial charge is 0.383 e. The molecule has 3 aromatic heterocycles. The molecule has 7 nitrogen and oxygen atoms in total. The number of aryl methyl sites for hydroxylation is 2. The Labute approximate surface area is 205 Å². The van der Waals surface area contributed by atoms with E-state index in [1.807, 2.05) is 53.8 Å². The van der Waals surface area contributed by atoms with Gasteiger partial charge in [0.05, 0.1) is 11.1 Å². The number of likely N-dealkylation sites (tertiary alicyclic amines) is 1. The molecule has 1 aliphatic heterocycles. The van der Waals surface area contributed by atoms with Gasteiger partial charge in [-0.2, -0.15) is 0 Å². The monoisotopic (exact) mass is 464 g/mol. The number of carbonyl (C=O) groups excluding carboxylic acids is 1. The van der Waals surface area contributed by atoms with Gasteiger partial charge in [0.1, 0.15) is 23.5 Å². The number of nitrogens with zero attached hydrogens (tertiary/aromatic N) is 5. The second-order valence-corrected chi connectivity index (χ2v) is 9.05. The highest BCUT2D eigenvalue weighted by molar-refractivity contribution is 6.08. The minimum atomic E-state index is 0.0896. The minimum absolute atomic E-state index is 0.0896. The van der Waals surface area contributed by atoms with Crippen LogP contribution < -0.4 is 5.73 Å². The van der Waals surface area contributed by atoms with Crippen molar-refractivity contribution in [1.29, 1.82) is 0 Å². The summed E-state index contributed by atoms with van der Waals surface area (Å²) in [6.45, 7) is 4.97. The fourth-order valence-corrected chi connectivity index (χ4v) is 5.23. The van der Waals surface area contributed by atoms with Crippen LogP contribution in [0.4, 0.5) is 5.82 Å². The summed E-state index contributed by atoms with van der Waals surface area (Å²) in [6, 6.07) is 9.98. The summed E-state index contributed by atoms with van der Waals surface area (Å²) in [5.41, 5.74) is 13.1. The molecular weight excluding hydrogens is 436 g/mol. The highest BCUT2D eigenvalue weighted by Gasteiger charge is 2.28. The van der Waals surface area contributed by atoms with Gasteiger partial charge in [0.2, 0.25) is 0 Å². The van der Waals surface area contributed by atoms with E-state index in [4.69, 9.17) is 12.2 Å². The summed E-state index contributed by atoms with van der Waals surface area (Å²) in [5.74, 6) is 3.09. The van der Waals surface area contributed by atoms with Crippen molar-refractivity contribution in [2.24, 2.45) is 7.05 Å². The van der Waals surface area contributed by atoms with Gasteiger partial charge in [0.15, 0.2) is 0 Å². The zero-order valence-corrected chi connectivity index (χ0v) is 20.2. The number of pyridine rings is 1. The number of rotatable bonds is 4. The maximum Gasteiger partial charge on any atom is 0.254 e. The maximum absolute atomic E-state index is 13.2. The molecule has 0 bridgehead atoms. The van der Waals surface area contributed by atoms with Crippen LogP contribution in [0.15, 0.2) is 42.9 Å². The Morgan fingerprint density at radius 2 is 2.00 bits per heavy atom. The van der Waals surface area contributed by atoms with E-state index in [1.54, 1.807) is 6.20 Å². The molecule has 35 heavy (non-hydrogen) atoms. The first-order chi connectivity index (χ1) is 16.9. The Balaban J connectivity index is 1.66. The fourth-order valence-electron chi connectivity index (χ4n) is 5.23. The van der Waals surface area contributed by atoms with Crippen molar-refractivity contribution >= 4 is 22.8 Å². The normalized spacial score (nSPS) is 15.5. The molecular formula is C28H28N6O. The van der Waals surface area contributed by atoms with Gasteiger partial charge in [0, 0.05) is 42.5 Å². The molecule has 1 atom stereocenters. The molecule has 4 heterocycles. The van der Waals surface area contributed by atoms with E-state index in [-0.39, 0.29) is 5.91 Å². The molecule has 0 spiro atoms. The Kier molecular flexibility index (Phi) is 5.73. The molecule has 0 radical (unpaired) electrons. The number of aromatic nitrogens is 4. The third kappa shape index (κ3) is 3.71. The Morgan fingerprint density at radius 1 is 1.23 bits per heavy atom. The predicted octanol–water partition coefficient (Wildman–Crippen LogP) is 4.58. The number of amides is 1. The van der Waals surface area contributed by atoms with Crippen LogP contribution in [0.2, 0.25) is 0 Å². The van der Waals surface area contributed by atoms with E-state index in [1.165, 1.54) is 6.33 Å². The third-order valence-corrected chi connectivity index (χ3v) is 7.04. The van der Waals surface area contributed by atoms with E-state index in [9.17, 15) is 4.79 Å². The summed E-state index contributed by atoms with van der Waals surface area (Å²) < 4.78 is 2.01. The predicted molar refractivity (Wildman–Crippen MR) is 139 cm³/mol. The van der Waals surface area contributed by atoms with Crippen molar-refractivity contribution in [2.45, 2.75) is 39.2 Å². The average Bonchev–Trinajstić information content (AvgIpc) is 3.47. The summed E-state index contributed by atoms with van der Waals surface area (Å²) >= 11 is 0. The third-order valence-electron chi connectivity index (χ3n) is 7.04. The van der Waals surface area contributed by atoms with E-state index in [0.29, 0.717) is 23.1 Å². The van der Waals surface area contributed by atoms with Gasteiger partial charge < -0.3 is 15.2 Å². The summed E-state index contributed by atoms with van der Waals surface area (Å²) in [6.07, 6.45) is 11.9. The highest BCUT2D eigenvalue weighted by atomic mass is 16.2. The van der Waals surface area contributed by atoms with Crippen LogP contribution in [-0.2, 0) is 7.05 Å². The number of anilines is 1.